The zero-order valence-corrected chi connectivity index (χ0v) is 16.0. The van der Waals surface area contributed by atoms with Crippen LogP contribution in [0.5, 0.6) is 0 Å². The van der Waals surface area contributed by atoms with Crippen LogP contribution in [0.4, 0.5) is 0 Å². The Morgan fingerprint density at radius 2 is 1.79 bits per heavy atom. The van der Waals surface area contributed by atoms with E-state index in [9.17, 15) is 5.11 Å². The van der Waals surface area contributed by atoms with Crippen LogP contribution < -0.4 is 11.1 Å². The second-order valence-electron chi connectivity index (χ2n) is 6.25. The van der Waals surface area contributed by atoms with Crippen molar-refractivity contribution in [2.45, 2.75) is 64.9 Å². The molecule has 0 aliphatic heterocycles. The summed E-state index contributed by atoms with van der Waals surface area (Å²) in [6, 6.07) is 0.362. The largest absolute Gasteiger partial charge is 0.394 e. The maximum absolute atomic E-state index is 11.3. The molecular weight excluding hydrogens is 310 g/mol. The third kappa shape index (κ3) is 9.27. The van der Waals surface area contributed by atoms with Gasteiger partial charge in [-0.15, -0.1) is 0 Å². The van der Waals surface area contributed by atoms with Crippen LogP contribution in [0.2, 0.25) is 0 Å². The second kappa shape index (κ2) is 13.9. The van der Waals surface area contributed by atoms with Crippen LogP contribution in [0.3, 0.4) is 0 Å². The van der Waals surface area contributed by atoms with E-state index in [-0.39, 0.29) is 25.3 Å². The predicted molar refractivity (Wildman–Crippen MR) is 96.7 cm³/mol. The van der Waals surface area contributed by atoms with Crippen molar-refractivity contribution in [1.82, 2.24) is 10.2 Å². The van der Waals surface area contributed by atoms with E-state index in [1.807, 2.05) is 11.8 Å². The number of hydrogen-bond donors (Lipinski definition) is 4. The van der Waals surface area contributed by atoms with Gasteiger partial charge in [0.25, 0.3) is 0 Å². The quantitative estimate of drug-likeness (QED) is 0.238. The number of nitrogens with one attached hydrogen (secondary N) is 1. The first-order valence-corrected chi connectivity index (χ1v) is 9.18. The van der Waals surface area contributed by atoms with Crippen molar-refractivity contribution in [3.8, 4) is 0 Å². The lowest BCUT2D eigenvalue weighted by Gasteiger charge is -2.44. The van der Waals surface area contributed by atoms with E-state index in [2.05, 4.69) is 26.1 Å². The smallest absolute Gasteiger partial charge is 0.199 e. The van der Waals surface area contributed by atoms with Crippen molar-refractivity contribution >= 4 is 0 Å². The molecule has 0 saturated carbocycles. The van der Waals surface area contributed by atoms with E-state index < -0.39 is 5.85 Å². The number of aliphatic hydroxyl groups excluding tert-OH is 1. The summed E-state index contributed by atoms with van der Waals surface area (Å²) >= 11 is 0. The molecule has 7 nitrogen and oxygen atoms in total. The first-order valence-electron chi connectivity index (χ1n) is 9.18. The molecule has 0 fully saturated rings. The number of ether oxygens (including phenoxy) is 2. The highest BCUT2D eigenvalue weighted by Crippen LogP contribution is 2.18. The standard InChI is InChI=1S/C17H39N3O4/c1-5-15(3)19-17(22,14-24-13-12-23-11-10-21)20(9-7-8-18)16(4)6-2/h15-16,19,21-22H,5-14,18H2,1-4H3. The third-order valence-electron chi connectivity index (χ3n) is 4.20. The number of nitrogens with two attached hydrogens (primary N) is 1. The highest BCUT2D eigenvalue weighted by molar-refractivity contribution is 4.83. The van der Waals surface area contributed by atoms with Gasteiger partial charge in [-0.2, -0.15) is 0 Å². The second-order valence-corrected chi connectivity index (χ2v) is 6.25. The molecule has 0 aromatic rings. The van der Waals surface area contributed by atoms with Crippen LogP contribution in [0.1, 0.15) is 47.0 Å². The lowest BCUT2D eigenvalue weighted by Crippen LogP contribution is -2.66. The van der Waals surface area contributed by atoms with E-state index in [0.717, 1.165) is 19.3 Å². The van der Waals surface area contributed by atoms with Crippen molar-refractivity contribution in [3.63, 3.8) is 0 Å². The van der Waals surface area contributed by atoms with Gasteiger partial charge in [0.2, 0.25) is 0 Å². The van der Waals surface area contributed by atoms with Crippen LogP contribution in [0.15, 0.2) is 0 Å². The van der Waals surface area contributed by atoms with Crippen LogP contribution in [-0.4, -0.2) is 79.2 Å². The topological polar surface area (TPSA) is 100 Å². The number of hydrogen-bond acceptors (Lipinski definition) is 7. The van der Waals surface area contributed by atoms with Gasteiger partial charge in [0.1, 0.15) is 6.61 Å². The summed E-state index contributed by atoms with van der Waals surface area (Å²) in [6.07, 6.45) is 2.65. The van der Waals surface area contributed by atoms with E-state index in [4.69, 9.17) is 20.3 Å². The first-order chi connectivity index (χ1) is 11.4. The average Bonchev–Trinajstić information content (AvgIpc) is 2.57. The maximum Gasteiger partial charge on any atom is 0.199 e. The Labute approximate surface area is 147 Å². The Morgan fingerprint density at radius 1 is 1.12 bits per heavy atom. The molecule has 0 radical (unpaired) electrons. The molecule has 24 heavy (non-hydrogen) atoms. The van der Waals surface area contributed by atoms with Gasteiger partial charge in [0.05, 0.1) is 26.4 Å². The summed E-state index contributed by atoms with van der Waals surface area (Å²) < 4.78 is 10.8. The zero-order valence-electron chi connectivity index (χ0n) is 16.0. The highest BCUT2D eigenvalue weighted by Gasteiger charge is 2.37. The normalized spacial score (nSPS) is 17.0. The maximum atomic E-state index is 11.3. The summed E-state index contributed by atoms with van der Waals surface area (Å²) in [5.74, 6) is -1.24. The first kappa shape index (κ1) is 23.7. The van der Waals surface area contributed by atoms with Crippen LogP contribution >= 0.6 is 0 Å². The molecule has 7 heteroatoms. The van der Waals surface area contributed by atoms with Crippen molar-refractivity contribution in [2.24, 2.45) is 5.73 Å². The Bertz CT molecular complexity index is 297. The zero-order chi connectivity index (χ0) is 18.4. The van der Waals surface area contributed by atoms with Gasteiger partial charge < -0.3 is 25.4 Å². The lowest BCUT2D eigenvalue weighted by molar-refractivity contribution is -0.194. The molecular formula is C17H39N3O4. The minimum atomic E-state index is -1.24. The Kier molecular flexibility index (Phi) is 13.8. The number of aliphatic hydroxyl groups is 2. The molecule has 0 aromatic heterocycles. The highest BCUT2D eigenvalue weighted by atomic mass is 16.5. The molecule has 5 N–H and O–H groups in total. The monoisotopic (exact) mass is 349 g/mol. The van der Waals surface area contributed by atoms with Crippen molar-refractivity contribution in [1.29, 1.82) is 0 Å². The van der Waals surface area contributed by atoms with Gasteiger partial charge in [-0.3, -0.25) is 10.2 Å². The van der Waals surface area contributed by atoms with Crippen molar-refractivity contribution in [3.05, 3.63) is 0 Å². The molecule has 0 saturated heterocycles. The summed E-state index contributed by atoms with van der Waals surface area (Å²) in [5.41, 5.74) is 5.66. The number of rotatable bonds is 16. The SMILES string of the molecule is CCC(C)NC(O)(COCCOCCO)N(CCCN)C(C)CC. The molecule has 3 atom stereocenters. The van der Waals surface area contributed by atoms with Crippen LogP contribution in [0.25, 0.3) is 0 Å². The fourth-order valence-electron chi connectivity index (χ4n) is 2.46. The summed E-state index contributed by atoms with van der Waals surface area (Å²) in [5, 5.41) is 23.3. The fourth-order valence-corrected chi connectivity index (χ4v) is 2.46. The molecule has 0 aliphatic rings. The molecule has 0 spiro atoms. The van der Waals surface area contributed by atoms with E-state index in [0.29, 0.717) is 32.9 Å². The fraction of sp³-hybridized carbons (Fsp3) is 1.00. The summed E-state index contributed by atoms with van der Waals surface area (Å²) in [4.78, 5) is 2.04. The Balaban J connectivity index is 4.85. The Hall–Kier alpha value is -0.280. The summed E-state index contributed by atoms with van der Waals surface area (Å²) in [6.45, 7) is 10.8. The van der Waals surface area contributed by atoms with Crippen LogP contribution in [0, 0.1) is 0 Å². The van der Waals surface area contributed by atoms with Crippen molar-refractivity contribution < 1.29 is 19.7 Å². The van der Waals surface area contributed by atoms with Gasteiger partial charge in [0.15, 0.2) is 5.85 Å². The molecule has 0 aliphatic carbocycles. The third-order valence-corrected chi connectivity index (χ3v) is 4.20. The van der Waals surface area contributed by atoms with Gasteiger partial charge >= 0.3 is 0 Å². The molecule has 146 valence electrons. The van der Waals surface area contributed by atoms with Gasteiger partial charge in [0, 0.05) is 18.6 Å². The molecule has 0 rings (SSSR count). The predicted octanol–water partition coefficient (Wildman–Crippen LogP) is 0.495. The lowest BCUT2D eigenvalue weighted by atomic mass is 10.1. The van der Waals surface area contributed by atoms with E-state index >= 15 is 0 Å². The molecule has 0 amide bonds. The van der Waals surface area contributed by atoms with Gasteiger partial charge in [-0.25, -0.2) is 0 Å². The minimum Gasteiger partial charge on any atom is -0.394 e. The molecule has 0 heterocycles. The van der Waals surface area contributed by atoms with Crippen molar-refractivity contribution in [2.75, 3.05) is 46.1 Å². The van der Waals surface area contributed by atoms with Gasteiger partial charge in [-0.1, -0.05) is 13.8 Å². The van der Waals surface area contributed by atoms with E-state index in [1.165, 1.54) is 0 Å². The molecule has 0 bridgehead atoms. The van der Waals surface area contributed by atoms with Crippen LogP contribution in [-0.2, 0) is 9.47 Å². The minimum absolute atomic E-state index is 0.000386. The Morgan fingerprint density at radius 3 is 2.33 bits per heavy atom. The number of nitrogens with zero attached hydrogens (tertiary/aromatic N) is 1. The molecule has 3 unspecified atom stereocenters. The van der Waals surface area contributed by atoms with Gasteiger partial charge in [-0.05, 0) is 39.7 Å². The summed E-state index contributed by atoms with van der Waals surface area (Å²) in [7, 11) is 0. The average molecular weight is 350 g/mol. The molecule has 0 aromatic carbocycles. The van der Waals surface area contributed by atoms with E-state index in [1.54, 1.807) is 0 Å².